The first-order chi connectivity index (χ1) is 13.1. The lowest BCUT2D eigenvalue weighted by Crippen LogP contribution is -2.24. The van der Waals surface area contributed by atoms with Gasteiger partial charge in [0.05, 0.1) is 6.54 Å². The first-order valence-electron chi connectivity index (χ1n) is 9.32. The molecule has 0 fully saturated rings. The van der Waals surface area contributed by atoms with E-state index in [1.807, 2.05) is 42.5 Å². The predicted octanol–water partition coefficient (Wildman–Crippen LogP) is 4.32. The Morgan fingerprint density at radius 2 is 2.00 bits per heavy atom. The Bertz CT molecular complexity index is 965. The van der Waals surface area contributed by atoms with E-state index < -0.39 is 0 Å². The Hall–Kier alpha value is -2.30. The van der Waals surface area contributed by atoms with Gasteiger partial charge in [-0.15, -0.1) is 0 Å². The monoisotopic (exact) mass is 382 g/mol. The summed E-state index contributed by atoms with van der Waals surface area (Å²) in [5, 5.41) is 4.93. The molecule has 0 unspecified atom stereocenters. The van der Waals surface area contributed by atoms with Gasteiger partial charge in [0.25, 0.3) is 0 Å². The summed E-state index contributed by atoms with van der Waals surface area (Å²) in [5.74, 6) is 0.863. The van der Waals surface area contributed by atoms with Crippen molar-refractivity contribution >= 4 is 28.5 Å². The van der Waals surface area contributed by atoms with Crippen molar-refractivity contribution in [3.8, 4) is 0 Å². The summed E-state index contributed by atoms with van der Waals surface area (Å²) in [4.78, 5) is 14.6. The molecule has 27 heavy (non-hydrogen) atoms. The summed E-state index contributed by atoms with van der Waals surface area (Å²) in [6.45, 7) is 2.16. The second kappa shape index (κ2) is 7.75. The molecule has 1 N–H and O–H groups in total. The van der Waals surface area contributed by atoms with Gasteiger partial charge >= 0.3 is 0 Å². The molecule has 1 aliphatic heterocycles. The van der Waals surface area contributed by atoms with Crippen LogP contribution in [0.15, 0.2) is 46.9 Å². The molecule has 0 aliphatic carbocycles. The van der Waals surface area contributed by atoms with Gasteiger partial charge in [0, 0.05) is 35.5 Å². The fraction of sp³-hybridized carbons (Fsp3) is 0.318. The van der Waals surface area contributed by atoms with Gasteiger partial charge in [0.1, 0.15) is 11.3 Å². The number of nitrogens with one attached hydrogen (secondary N) is 1. The first kappa shape index (κ1) is 18.1. The van der Waals surface area contributed by atoms with Crippen molar-refractivity contribution in [3.05, 3.63) is 69.9 Å². The lowest BCUT2D eigenvalue weighted by molar-refractivity contribution is -0.121. The maximum Gasteiger partial charge on any atom is 0.220 e. The molecule has 1 aliphatic rings. The molecule has 0 radical (unpaired) electrons. The van der Waals surface area contributed by atoms with Gasteiger partial charge < -0.3 is 14.6 Å². The Morgan fingerprint density at radius 1 is 1.19 bits per heavy atom. The van der Waals surface area contributed by atoms with Crippen LogP contribution in [0.2, 0.25) is 5.02 Å². The average Bonchev–Trinajstić information content (AvgIpc) is 2.91. The van der Waals surface area contributed by atoms with Crippen molar-refractivity contribution in [1.29, 1.82) is 0 Å². The molecule has 0 saturated carbocycles. The highest BCUT2D eigenvalue weighted by Crippen LogP contribution is 2.36. The molecule has 4 nitrogen and oxygen atoms in total. The van der Waals surface area contributed by atoms with E-state index in [-0.39, 0.29) is 5.91 Å². The molecule has 4 rings (SSSR count). The van der Waals surface area contributed by atoms with Gasteiger partial charge in [0.15, 0.2) is 0 Å². The van der Waals surface area contributed by atoms with Crippen LogP contribution in [-0.2, 0) is 30.7 Å². The largest absolute Gasteiger partial charge is 0.459 e. The van der Waals surface area contributed by atoms with Crippen LogP contribution in [0.3, 0.4) is 0 Å². The number of hydrogen-bond acceptors (Lipinski definition) is 3. The van der Waals surface area contributed by atoms with Crippen LogP contribution in [0.1, 0.15) is 28.9 Å². The molecule has 0 spiro atoms. The fourth-order valence-corrected chi connectivity index (χ4v) is 3.98. The minimum atomic E-state index is 0.0340. The van der Waals surface area contributed by atoms with E-state index in [1.165, 1.54) is 5.56 Å². The number of aryl methyl sites for hydroxylation is 1. The third kappa shape index (κ3) is 3.87. The van der Waals surface area contributed by atoms with Crippen molar-refractivity contribution in [2.45, 2.75) is 32.4 Å². The summed E-state index contributed by atoms with van der Waals surface area (Å²) in [6.07, 6.45) is 2.11. The molecule has 1 amide bonds. The van der Waals surface area contributed by atoms with Crippen molar-refractivity contribution in [2.75, 3.05) is 13.6 Å². The van der Waals surface area contributed by atoms with Gasteiger partial charge in [-0.2, -0.15) is 0 Å². The smallest absolute Gasteiger partial charge is 0.220 e. The quantitative estimate of drug-likeness (QED) is 0.714. The third-order valence-electron chi connectivity index (χ3n) is 5.19. The summed E-state index contributed by atoms with van der Waals surface area (Å²) in [7, 11) is 2.10. The molecule has 0 saturated heterocycles. The topological polar surface area (TPSA) is 45.5 Å². The molecular weight excluding hydrogens is 360 g/mol. The van der Waals surface area contributed by atoms with Gasteiger partial charge in [0.2, 0.25) is 5.91 Å². The molecule has 0 bridgehead atoms. The van der Waals surface area contributed by atoms with Crippen molar-refractivity contribution in [3.63, 3.8) is 0 Å². The first-order valence-corrected chi connectivity index (χ1v) is 9.70. The Balaban J connectivity index is 1.50. The summed E-state index contributed by atoms with van der Waals surface area (Å²) in [6, 6.07) is 13.9. The zero-order valence-corrected chi connectivity index (χ0v) is 16.2. The van der Waals surface area contributed by atoms with Crippen LogP contribution in [0.4, 0.5) is 0 Å². The maximum atomic E-state index is 12.3. The van der Waals surface area contributed by atoms with Crippen LogP contribution >= 0.6 is 11.6 Å². The maximum absolute atomic E-state index is 12.3. The highest BCUT2D eigenvalue weighted by atomic mass is 35.5. The van der Waals surface area contributed by atoms with Crippen molar-refractivity contribution in [1.82, 2.24) is 10.2 Å². The third-order valence-corrected chi connectivity index (χ3v) is 5.54. The van der Waals surface area contributed by atoms with E-state index in [0.717, 1.165) is 58.8 Å². The molecular formula is C22H23ClN2O2. The van der Waals surface area contributed by atoms with E-state index in [1.54, 1.807) is 0 Å². The second-order valence-corrected chi connectivity index (χ2v) is 7.56. The van der Waals surface area contributed by atoms with Crippen LogP contribution < -0.4 is 5.32 Å². The van der Waals surface area contributed by atoms with Crippen LogP contribution in [0.5, 0.6) is 0 Å². The number of benzene rings is 2. The van der Waals surface area contributed by atoms with Crippen molar-refractivity contribution in [2.24, 2.45) is 0 Å². The minimum Gasteiger partial charge on any atom is -0.459 e. The Morgan fingerprint density at radius 3 is 2.81 bits per heavy atom. The summed E-state index contributed by atoms with van der Waals surface area (Å²) >= 11 is 6.44. The molecule has 1 aromatic heterocycles. The summed E-state index contributed by atoms with van der Waals surface area (Å²) in [5.41, 5.74) is 4.32. The number of likely N-dealkylation sites (N-methyl/N-ethyl adjacent to an activating group) is 1. The zero-order chi connectivity index (χ0) is 18.8. The van der Waals surface area contributed by atoms with Gasteiger partial charge in [-0.1, -0.05) is 41.9 Å². The lowest BCUT2D eigenvalue weighted by Gasteiger charge is -2.13. The van der Waals surface area contributed by atoms with E-state index in [9.17, 15) is 4.79 Å². The molecule has 2 heterocycles. The highest BCUT2D eigenvalue weighted by molar-refractivity contribution is 6.32. The van der Waals surface area contributed by atoms with E-state index in [2.05, 4.69) is 17.3 Å². The van der Waals surface area contributed by atoms with Gasteiger partial charge in [-0.05, 0) is 43.1 Å². The number of rotatable bonds is 5. The number of furan rings is 1. The number of amides is 1. The van der Waals surface area contributed by atoms with Crippen LogP contribution in [0.25, 0.3) is 11.0 Å². The van der Waals surface area contributed by atoms with Crippen LogP contribution in [0, 0.1) is 0 Å². The molecule has 0 atom stereocenters. The van der Waals surface area contributed by atoms with Gasteiger partial charge in [-0.25, -0.2) is 0 Å². The minimum absolute atomic E-state index is 0.0340. The number of carbonyl (C=O) groups is 1. The number of hydrogen-bond donors (Lipinski definition) is 1. The number of nitrogens with zero attached hydrogens (tertiary/aromatic N) is 1. The van der Waals surface area contributed by atoms with E-state index in [4.69, 9.17) is 16.0 Å². The Kier molecular flexibility index (Phi) is 5.19. The standard InChI is InChI=1S/C22H23ClN2O2/c1-25-12-11-16-18(23)8-9-19-22(16)17(14-25)20(27-19)13-24-21(26)10-7-15-5-3-2-4-6-15/h2-6,8-9H,7,10-14H2,1H3,(H,24,26). The van der Waals surface area contributed by atoms with E-state index >= 15 is 0 Å². The lowest BCUT2D eigenvalue weighted by atomic mass is 10.0. The number of carbonyl (C=O) groups excluding carboxylic acids is 1. The fourth-order valence-electron chi connectivity index (χ4n) is 3.73. The Labute approximate surface area is 164 Å². The number of halogens is 1. The summed E-state index contributed by atoms with van der Waals surface area (Å²) < 4.78 is 6.08. The van der Waals surface area contributed by atoms with Crippen LogP contribution in [-0.4, -0.2) is 24.4 Å². The predicted molar refractivity (Wildman–Crippen MR) is 108 cm³/mol. The molecule has 5 heteroatoms. The molecule has 3 aromatic rings. The second-order valence-electron chi connectivity index (χ2n) is 7.15. The normalized spacial score (nSPS) is 14.3. The zero-order valence-electron chi connectivity index (χ0n) is 15.4. The van der Waals surface area contributed by atoms with Crippen molar-refractivity contribution < 1.29 is 9.21 Å². The molecule has 2 aromatic carbocycles. The van der Waals surface area contributed by atoms with E-state index in [0.29, 0.717) is 13.0 Å². The van der Waals surface area contributed by atoms with Gasteiger partial charge in [-0.3, -0.25) is 4.79 Å². The SMILES string of the molecule is CN1CCc2c(Cl)ccc3oc(CNC(=O)CCc4ccccc4)c(c23)C1. The highest BCUT2D eigenvalue weighted by Gasteiger charge is 2.23. The average molecular weight is 383 g/mol. The molecule has 140 valence electrons.